The van der Waals surface area contributed by atoms with E-state index in [1.54, 1.807) is 6.92 Å². The van der Waals surface area contributed by atoms with Crippen molar-refractivity contribution in [2.45, 2.75) is 84.7 Å². The molecule has 4 rings (SSSR count). The molecule has 0 spiro atoms. The van der Waals surface area contributed by atoms with Crippen molar-refractivity contribution in [3.8, 4) is 0 Å². The van der Waals surface area contributed by atoms with Crippen LogP contribution in [0.3, 0.4) is 0 Å². The van der Waals surface area contributed by atoms with Crippen LogP contribution in [0, 0.1) is 34.5 Å². The molecule has 4 saturated carbocycles. The highest BCUT2D eigenvalue weighted by atomic mass is 16.5. The highest BCUT2D eigenvalue weighted by Gasteiger charge is 2.60. The standard InChI is InChI=1S/C21H32O3/c1-13(22)24-19-7-6-17-16-5-4-14-12-15(23)8-10-20(14,2)18(16)9-11-21(17,19)3/h14,16-19H,4-12H2,1-3H3/t14-,16-,17-,18-,19-,20-,21-/m0/s1. The maximum absolute atomic E-state index is 12.0. The number of carbonyl (C=O) groups is 2. The van der Waals surface area contributed by atoms with E-state index >= 15 is 0 Å². The second-order valence-corrected chi connectivity index (χ2v) is 9.62. The highest BCUT2D eigenvalue weighted by molar-refractivity contribution is 5.79. The van der Waals surface area contributed by atoms with Gasteiger partial charge in [0.2, 0.25) is 0 Å². The molecule has 0 aromatic carbocycles. The maximum atomic E-state index is 12.0. The molecule has 0 radical (unpaired) electrons. The Hall–Kier alpha value is -0.860. The van der Waals surface area contributed by atoms with Crippen molar-refractivity contribution in [3.05, 3.63) is 0 Å². The molecule has 0 saturated heterocycles. The molecule has 0 amide bonds. The Bertz CT molecular complexity index is 555. The van der Waals surface area contributed by atoms with Gasteiger partial charge < -0.3 is 4.74 Å². The lowest BCUT2D eigenvalue weighted by Crippen LogP contribution is -2.54. The first-order valence-corrected chi connectivity index (χ1v) is 10.0. The molecular formula is C21H32O3. The molecule has 134 valence electrons. The van der Waals surface area contributed by atoms with E-state index in [1.807, 2.05) is 0 Å². The second-order valence-electron chi connectivity index (χ2n) is 9.62. The van der Waals surface area contributed by atoms with Crippen molar-refractivity contribution in [2.75, 3.05) is 0 Å². The quantitative estimate of drug-likeness (QED) is 0.663. The summed E-state index contributed by atoms with van der Waals surface area (Å²) in [5, 5.41) is 0. The van der Waals surface area contributed by atoms with Gasteiger partial charge in [-0.15, -0.1) is 0 Å². The third-order valence-corrected chi connectivity index (χ3v) is 8.70. The number of Topliss-reactive ketones (excluding diaryl/α,β-unsaturated/α-hetero) is 1. The van der Waals surface area contributed by atoms with Crippen molar-refractivity contribution in [2.24, 2.45) is 34.5 Å². The number of fused-ring (bicyclic) bond motifs is 5. The lowest BCUT2D eigenvalue weighted by Gasteiger charge is -2.60. The Balaban J connectivity index is 1.58. The molecule has 4 aliphatic carbocycles. The first-order valence-electron chi connectivity index (χ1n) is 10.0. The SMILES string of the molecule is CC(=O)O[C@H]1CC[C@H]2[C@@H]3CC[C@H]4CC(=O)CC[C@]4(C)[C@H]3CC[C@]12C. The minimum absolute atomic E-state index is 0.120. The molecule has 0 aliphatic heterocycles. The number of esters is 1. The van der Waals surface area contributed by atoms with Gasteiger partial charge in [-0.05, 0) is 74.0 Å². The van der Waals surface area contributed by atoms with Gasteiger partial charge in [-0.3, -0.25) is 9.59 Å². The molecule has 3 nitrogen and oxygen atoms in total. The normalized spacial score (nSPS) is 50.6. The molecule has 0 bridgehead atoms. The van der Waals surface area contributed by atoms with Crippen LogP contribution in [0.2, 0.25) is 0 Å². The van der Waals surface area contributed by atoms with Crippen molar-refractivity contribution < 1.29 is 14.3 Å². The summed E-state index contributed by atoms with van der Waals surface area (Å²) in [4.78, 5) is 23.5. The number of carbonyl (C=O) groups excluding carboxylic acids is 2. The summed E-state index contributed by atoms with van der Waals surface area (Å²) < 4.78 is 5.73. The topological polar surface area (TPSA) is 43.4 Å². The largest absolute Gasteiger partial charge is 0.462 e. The van der Waals surface area contributed by atoms with Gasteiger partial charge in [-0.2, -0.15) is 0 Å². The van der Waals surface area contributed by atoms with E-state index in [0.717, 1.165) is 37.5 Å². The molecule has 24 heavy (non-hydrogen) atoms. The summed E-state index contributed by atoms with van der Waals surface area (Å²) in [7, 11) is 0. The fourth-order valence-corrected chi connectivity index (χ4v) is 7.39. The molecule has 0 N–H and O–H groups in total. The Morgan fingerprint density at radius 3 is 2.50 bits per heavy atom. The van der Waals surface area contributed by atoms with Gasteiger partial charge in [0.25, 0.3) is 0 Å². The van der Waals surface area contributed by atoms with Gasteiger partial charge >= 0.3 is 5.97 Å². The number of hydrogen-bond acceptors (Lipinski definition) is 3. The average molecular weight is 332 g/mol. The molecule has 0 aromatic rings. The second kappa shape index (κ2) is 5.57. The summed E-state index contributed by atoms with van der Waals surface area (Å²) >= 11 is 0. The summed E-state index contributed by atoms with van der Waals surface area (Å²) in [6.45, 7) is 6.42. The van der Waals surface area contributed by atoms with Gasteiger partial charge in [-0.25, -0.2) is 0 Å². The smallest absolute Gasteiger partial charge is 0.302 e. The lowest BCUT2D eigenvalue weighted by atomic mass is 9.45. The zero-order valence-electron chi connectivity index (χ0n) is 15.5. The zero-order valence-corrected chi connectivity index (χ0v) is 15.5. The predicted molar refractivity (Wildman–Crippen MR) is 92.3 cm³/mol. The maximum Gasteiger partial charge on any atom is 0.302 e. The van der Waals surface area contributed by atoms with Crippen LogP contribution in [0.25, 0.3) is 0 Å². The van der Waals surface area contributed by atoms with E-state index < -0.39 is 0 Å². The van der Waals surface area contributed by atoms with Crippen molar-refractivity contribution in [3.63, 3.8) is 0 Å². The number of hydrogen-bond donors (Lipinski definition) is 0. The molecule has 0 heterocycles. The van der Waals surface area contributed by atoms with Crippen LogP contribution in [-0.2, 0) is 14.3 Å². The molecule has 0 unspecified atom stereocenters. The Morgan fingerprint density at radius 1 is 1.00 bits per heavy atom. The van der Waals surface area contributed by atoms with Gasteiger partial charge in [0.15, 0.2) is 0 Å². The van der Waals surface area contributed by atoms with Crippen LogP contribution < -0.4 is 0 Å². The first-order chi connectivity index (χ1) is 11.3. The minimum atomic E-state index is -0.120. The molecule has 0 aromatic heterocycles. The first kappa shape index (κ1) is 16.6. The van der Waals surface area contributed by atoms with E-state index in [0.29, 0.717) is 23.0 Å². The van der Waals surface area contributed by atoms with Gasteiger partial charge in [0.1, 0.15) is 11.9 Å². The van der Waals surface area contributed by atoms with E-state index in [9.17, 15) is 9.59 Å². The third-order valence-electron chi connectivity index (χ3n) is 8.70. The molecule has 7 atom stereocenters. The Kier molecular flexibility index (Phi) is 3.85. The van der Waals surface area contributed by atoms with Gasteiger partial charge in [0, 0.05) is 25.2 Å². The van der Waals surface area contributed by atoms with Crippen LogP contribution in [0.1, 0.15) is 78.6 Å². The van der Waals surface area contributed by atoms with E-state index in [1.165, 1.54) is 32.1 Å². The summed E-state index contributed by atoms with van der Waals surface area (Å²) in [6.07, 6.45) is 10.1. The predicted octanol–water partition coefficient (Wildman–Crippen LogP) is 4.53. The van der Waals surface area contributed by atoms with Crippen LogP contribution in [0.4, 0.5) is 0 Å². The Morgan fingerprint density at radius 2 is 1.75 bits per heavy atom. The van der Waals surface area contributed by atoms with Crippen LogP contribution in [-0.4, -0.2) is 17.9 Å². The summed E-state index contributed by atoms with van der Waals surface area (Å²) in [6, 6.07) is 0. The zero-order chi connectivity index (χ0) is 17.1. The van der Waals surface area contributed by atoms with E-state index in [-0.39, 0.29) is 17.5 Å². The molecule has 3 heteroatoms. The molecular weight excluding hydrogens is 300 g/mol. The lowest BCUT2D eigenvalue weighted by molar-refractivity contribution is -0.162. The van der Waals surface area contributed by atoms with Crippen molar-refractivity contribution in [1.29, 1.82) is 0 Å². The van der Waals surface area contributed by atoms with Crippen LogP contribution in [0.5, 0.6) is 0 Å². The van der Waals surface area contributed by atoms with Gasteiger partial charge in [-0.1, -0.05) is 13.8 Å². The summed E-state index contributed by atoms with van der Waals surface area (Å²) in [5.74, 6) is 3.25. The highest BCUT2D eigenvalue weighted by Crippen LogP contribution is 2.66. The van der Waals surface area contributed by atoms with Crippen molar-refractivity contribution in [1.82, 2.24) is 0 Å². The third kappa shape index (κ3) is 2.29. The fraction of sp³-hybridized carbons (Fsp3) is 0.905. The number of ketones is 1. The summed E-state index contributed by atoms with van der Waals surface area (Å²) in [5.41, 5.74) is 0.554. The average Bonchev–Trinajstić information content (AvgIpc) is 2.84. The monoisotopic (exact) mass is 332 g/mol. The van der Waals surface area contributed by atoms with Gasteiger partial charge in [0.05, 0.1) is 0 Å². The van der Waals surface area contributed by atoms with Crippen molar-refractivity contribution >= 4 is 11.8 Å². The Labute approximate surface area is 145 Å². The minimum Gasteiger partial charge on any atom is -0.462 e. The van der Waals surface area contributed by atoms with E-state index in [4.69, 9.17) is 4.74 Å². The number of ether oxygens (including phenoxy) is 1. The fourth-order valence-electron chi connectivity index (χ4n) is 7.39. The van der Waals surface area contributed by atoms with E-state index in [2.05, 4.69) is 13.8 Å². The number of rotatable bonds is 1. The molecule has 4 fully saturated rings. The van der Waals surface area contributed by atoms with Crippen LogP contribution >= 0.6 is 0 Å². The van der Waals surface area contributed by atoms with Crippen LogP contribution in [0.15, 0.2) is 0 Å². The molecule has 4 aliphatic rings.